The van der Waals surface area contributed by atoms with Crippen LogP contribution in [0.15, 0.2) is 42.0 Å². The molecule has 0 radical (unpaired) electrons. The lowest BCUT2D eigenvalue weighted by Gasteiger charge is -1.95. The van der Waals surface area contributed by atoms with Crippen molar-refractivity contribution in [3.63, 3.8) is 0 Å². The maximum Gasteiger partial charge on any atom is 0.0342 e. The molecule has 1 heterocycles. The predicted molar refractivity (Wildman–Crippen MR) is 64.5 cm³/mol. The van der Waals surface area contributed by atoms with Crippen molar-refractivity contribution < 1.29 is 0 Å². The number of hydrogen-bond acceptors (Lipinski definition) is 1. The van der Waals surface area contributed by atoms with E-state index in [1.807, 2.05) is 11.3 Å². The van der Waals surface area contributed by atoms with E-state index in [0.717, 1.165) is 6.42 Å². The van der Waals surface area contributed by atoms with E-state index in [-0.39, 0.29) is 0 Å². The normalized spacial score (nSPS) is 16.1. The molecular weight excluding hydrogens is 188 g/mol. The van der Waals surface area contributed by atoms with Gasteiger partial charge in [-0.1, -0.05) is 29.9 Å². The molecule has 0 amide bonds. The molecule has 0 fully saturated rings. The van der Waals surface area contributed by atoms with Crippen LogP contribution in [0.1, 0.15) is 23.1 Å². The molecular formula is C13H14S. The van der Waals surface area contributed by atoms with E-state index in [9.17, 15) is 0 Å². The van der Waals surface area contributed by atoms with Crippen LogP contribution < -0.4 is 0 Å². The highest BCUT2D eigenvalue weighted by Gasteiger charge is 2.02. The third-order valence-corrected chi connectivity index (χ3v) is 3.38. The summed E-state index contributed by atoms with van der Waals surface area (Å²) in [4.78, 5) is 2.75. The molecule has 0 spiro atoms. The van der Waals surface area contributed by atoms with E-state index in [1.54, 1.807) is 0 Å². The molecule has 0 aliphatic heterocycles. The van der Waals surface area contributed by atoms with Crippen LogP contribution in [0.2, 0.25) is 0 Å². The molecule has 72 valence electrons. The highest BCUT2D eigenvalue weighted by Crippen LogP contribution is 2.26. The van der Waals surface area contributed by atoms with Gasteiger partial charge < -0.3 is 0 Å². The second kappa shape index (κ2) is 3.97. The quantitative estimate of drug-likeness (QED) is 0.635. The molecule has 0 saturated carbocycles. The molecule has 0 atom stereocenters. The fourth-order valence-electron chi connectivity index (χ4n) is 1.50. The zero-order valence-corrected chi connectivity index (χ0v) is 9.40. The summed E-state index contributed by atoms with van der Waals surface area (Å²) >= 11 is 1.86. The SMILES string of the molecule is CC1=CCC=C(c2ccc(C)s2)C=C1. The fourth-order valence-corrected chi connectivity index (χ4v) is 2.39. The Kier molecular flexibility index (Phi) is 2.69. The van der Waals surface area contributed by atoms with Crippen LogP contribution in [0, 0.1) is 6.92 Å². The zero-order chi connectivity index (χ0) is 9.97. The summed E-state index contributed by atoms with van der Waals surface area (Å²) in [6.07, 6.45) is 9.99. The monoisotopic (exact) mass is 202 g/mol. The minimum atomic E-state index is 1.05. The largest absolute Gasteiger partial charge is 0.141 e. The van der Waals surface area contributed by atoms with Crippen LogP contribution in [0.4, 0.5) is 0 Å². The highest BCUT2D eigenvalue weighted by molar-refractivity contribution is 7.13. The Hall–Kier alpha value is -1.08. The Balaban J connectivity index is 2.29. The van der Waals surface area contributed by atoms with Crippen LogP contribution in [-0.2, 0) is 0 Å². The molecule has 0 N–H and O–H groups in total. The summed E-state index contributed by atoms with van der Waals surface area (Å²) in [7, 11) is 0. The minimum Gasteiger partial charge on any atom is -0.141 e. The smallest absolute Gasteiger partial charge is 0.0342 e. The van der Waals surface area contributed by atoms with Crippen molar-refractivity contribution in [1.82, 2.24) is 0 Å². The van der Waals surface area contributed by atoms with Gasteiger partial charge in [-0.3, -0.25) is 0 Å². The Morgan fingerprint density at radius 2 is 1.93 bits per heavy atom. The van der Waals surface area contributed by atoms with Gasteiger partial charge in [0.15, 0.2) is 0 Å². The van der Waals surface area contributed by atoms with Gasteiger partial charge in [0.2, 0.25) is 0 Å². The van der Waals surface area contributed by atoms with Crippen molar-refractivity contribution in [3.8, 4) is 0 Å². The van der Waals surface area contributed by atoms with Crippen molar-refractivity contribution in [3.05, 3.63) is 51.8 Å². The average Bonchev–Trinajstić information content (AvgIpc) is 2.46. The number of hydrogen-bond donors (Lipinski definition) is 0. The van der Waals surface area contributed by atoms with Crippen LogP contribution >= 0.6 is 11.3 Å². The number of allylic oxidation sites excluding steroid dienone is 6. The summed E-state index contributed by atoms with van der Waals surface area (Å²) in [5.74, 6) is 0. The van der Waals surface area contributed by atoms with Gasteiger partial charge >= 0.3 is 0 Å². The summed E-state index contributed by atoms with van der Waals surface area (Å²) in [6, 6.07) is 4.39. The van der Waals surface area contributed by atoms with E-state index in [2.05, 4.69) is 50.3 Å². The fraction of sp³-hybridized carbons (Fsp3) is 0.231. The minimum absolute atomic E-state index is 1.05. The summed E-state index contributed by atoms with van der Waals surface area (Å²) in [5.41, 5.74) is 2.71. The van der Waals surface area contributed by atoms with Crippen LogP contribution in [0.3, 0.4) is 0 Å². The lowest BCUT2D eigenvalue weighted by Crippen LogP contribution is -1.72. The molecule has 1 heteroatoms. The third-order valence-electron chi connectivity index (χ3n) is 2.33. The molecule has 1 aliphatic carbocycles. The third kappa shape index (κ3) is 2.05. The van der Waals surface area contributed by atoms with E-state index in [1.165, 1.54) is 20.9 Å². The first kappa shape index (κ1) is 9.47. The van der Waals surface area contributed by atoms with Crippen molar-refractivity contribution in [2.75, 3.05) is 0 Å². The molecule has 1 aliphatic rings. The zero-order valence-electron chi connectivity index (χ0n) is 8.58. The van der Waals surface area contributed by atoms with Crippen LogP contribution in [-0.4, -0.2) is 0 Å². The van der Waals surface area contributed by atoms with Gasteiger partial charge in [-0.2, -0.15) is 0 Å². The van der Waals surface area contributed by atoms with Crippen molar-refractivity contribution >= 4 is 16.9 Å². The summed E-state index contributed by atoms with van der Waals surface area (Å²) < 4.78 is 0. The summed E-state index contributed by atoms with van der Waals surface area (Å²) in [6.45, 7) is 4.30. The first-order valence-electron chi connectivity index (χ1n) is 4.87. The van der Waals surface area contributed by atoms with Crippen LogP contribution in [0.25, 0.3) is 5.57 Å². The molecule has 0 nitrogen and oxygen atoms in total. The molecule has 0 bridgehead atoms. The molecule has 14 heavy (non-hydrogen) atoms. The Morgan fingerprint density at radius 1 is 1.07 bits per heavy atom. The predicted octanol–water partition coefficient (Wildman–Crippen LogP) is 4.35. The Bertz CT molecular complexity index is 416. The van der Waals surface area contributed by atoms with Crippen molar-refractivity contribution in [1.29, 1.82) is 0 Å². The van der Waals surface area contributed by atoms with Gasteiger partial charge in [0.25, 0.3) is 0 Å². The van der Waals surface area contributed by atoms with Gasteiger partial charge in [0.1, 0.15) is 0 Å². The van der Waals surface area contributed by atoms with Gasteiger partial charge in [0, 0.05) is 9.75 Å². The molecule has 2 rings (SSSR count). The second-order valence-corrected chi connectivity index (χ2v) is 4.87. The highest BCUT2D eigenvalue weighted by atomic mass is 32.1. The van der Waals surface area contributed by atoms with Gasteiger partial charge in [0.05, 0.1) is 0 Å². The Labute approximate surface area is 89.3 Å². The lowest BCUT2D eigenvalue weighted by atomic mass is 10.2. The summed E-state index contributed by atoms with van der Waals surface area (Å²) in [5, 5.41) is 0. The number of aryl methyl sites for hydroxylation is 1. The topological polar surface area (TPSA) is 0 Å². The second-order valence-electron chi connectivity index (χ2n) is 3.59. The van der Waals surface area contributed by atoms with Crippen LogP contribution in [0.5, 0.6) is 0 Å². The Morgan fingerprint density at radius 3 is 2.64 bits per heavy atom. The number of thiophene rings is 1. The molecule has 0 saturated heterocycles. The van der Waals surface area contributed by atoms with Gasteiger partial charge in [-0.05, 0) is 38.0 Å². The maximum atomic E-state index is 2.29. The van der Waals surface area contributed by atoms with E-state index >= 15 is 0 Å². The van der Waals surface area contributed by atoms with Gasteiger partial charge in [-0.15, -0.1) is 11.3 Å². The van der Waals surface area contributed by atoms with E-state index < -0.39 is 0 Å². The average molecular weight is 202 g/mol. The molecule has 1 aromatic heterocycles. The first-order valence-corrected chi connectivity index (χ1v) is 5.69. The first-order chi connectivity index (χ1) is 6.75. The number of rotatable bonds is 1. The van der Waals surface area contributed by atoms with Crippen molar-refractivity contribution in [2.24, 2.45) is 0 Å². The van der Waals surface area contributed by atoms with E-state index in [4.69, 9.17) is 0 Å². The van der Waals surface area contributed by atoms with Crippen molar-refractivity contribution in [2.45, 2.75) is 20.3 Å². The standard InChI is InChI=1S/C13H14S/c1-10-4-3-5-12(8-6-10)13-9-7-11(2)14-13/h4-9H,3H2,1-2H3. The molecule has 0 unspecified atom stereocenters. The molecule has 1 aromatic rings. The maximum absolute atomic E-state index is 2.29. The van der Waals surface area contributed by atoms with E-state index in [0.29, 0.717) is 0 Å². The lowest BCUT2D eigenvalue weighted by molar-refractivity contribution is 1.35. The molecule has 0 aromatic carbocycles. The van der Waals surface area contributed by atoms with Gasteiger partial charge in [-0.25, -0.2) is 0 Å².